The zero-order valence-corrected chi connectivity index (χ0v) is 12.6. The van der Waals surface area contributed by atoms with Gasteiger partial charge in [0.1, 0.15) is 0 Å². The summed E-state index contributed by atoms with van der Waals surface area (Å²) in [6.07, 6.45) is 2.47. The van der Waals surface area contributed by atoms with Gasteiger partial charge in [0, 0.05) is 32.2 Å². The third-order valence-corrected chi connectivity index (χ3v) is 6.18. The molecule has 116 valence electrons. The molecule has 0 saturated carbocycles. The monoisotopic (exact) mass is 305 g/mol. The molecule has 0 amide bonds. The van der Waals surface area contributed by atoms with E-state index in [1.54, 1.807) is 0 Å². The van der Waals surface area contributed by atoms with Crippen molar-refractivity contribution in [1.82, 2.24) is 8.61 Å². The number of esters is 1. The fraction of sp³-hybridized carbons (Fsp3) is 0.917. The minimum Gasteiger partial charge on any atom is -0.469 e. The van der Waals surface area contributed by atoms with E-state index in [0.717, 1.165) is 0 Å². The molecule has 0 unspecified atom stereocenters. The highest BCUT2D eigenvalue weighted by molar-refractivity contribution is 7.86. The van der Waals surface area contributed by atoms with Crippen LogP contribution in [0.25, 0.3) is 0 Å². The summed E-state index contributed by atoms with van der Waals surface area (Å²) < 4.78 is 32.7. The van der Waals surface area contributed by atoms with Crippen LogP contribution in [0.3, 0.4) is 0 Å². The Labute approximate surface area is 120 Å². The number of rotatable bonds is 3. The van der Waals surface area contributed by atoms with Gasteiger partial charge < -0.3 is 10.5 Å². The zero-order chi connectivity index (χ0) is 14.8. The third-order valence-electron chi connectivity index (χ3n) is 4.14. The van der Waals surface area contributed by atoms with Crippen LogP contribution in [-0.4, -0.2) is 62.3 Å². The van der Waals surface area contributed by atoms with Gasteiger partial charge in [0.25, 0.3) is 10.2 Å². The molecule has 2 heterocycles. The molecule has 0 aromatic carbocycles. The summed E-state index contributed by atoms with van der Waals surface area (Å²) in [4.78, 5) is 11.4. The third kappa shape index (κ3) is 3.30. The van der Waals surface area contributed by atoms with E-state index in [0.29, 0.717) is 51.9 Å². The number of carbonyl (C=O) groups excluding carboxylic acids is 1. The summed E-state index contributed by atoms with van der Waals surface area (Å²) >= 11 is 0. The van der Waals surface area contributed by atoms with Crippen LogP contribution < -0.4 is 5.73 Å². The molecule has 0 aliphatic carbocycles. The summed E-state index contributed by atoms with van der Waals surface area (Å²) in [5, 5.41) is 0. The van der Waals surface area contributed by atoms with Gasteiger partial charge >= 0.3 is 5.97 Å². The number of nitrogens with zero attached hydrogens (tertiary/aromatic N) is 2. The van der Waals surface area contributed by atoms with Gasteiger partial charge in [0.2, 0.25) is 0 Å². The Kier molecular flexibility index (Phi) is 5.00. The van der Waals surface area contributed by atoms with E-state index in [1.807, 2.05) is 0 Å². The number of hydrogen-bond donors (Lipinski definition) is 1. The molecular weight excluding hydrogens is 282 g/mol. The lowest BCUT2D eigenvalue weighted by atomic mass is 9.99. The second kappa shape index (κ2) is 6.38. The lowest BCUT2D eigenvalue weighted by Gasteiger charge is -2.36. The zero-order valence-electron chi connectivity index (χ0n) is 11.8. The van der Waals surface area contributed by atoms with Crippen LogP contribution >= 0.6 is 0 Å². The molecule has 2 aliphatic rings. The minimum absolute atomic E-state index is 0.103. The van der Waals surface area contributed by atoms with Gasteiger partial charge in [0.05, 0.1) is 13.0 Å². The Balaban J connectivity index is 1.93. The standard InChI is InChI=1S/C12H23N3O4S/c1-19-12(16)10-2-6-14(7-3-10)20(17,18)15-8-4-11(13)5-9-15/h10-11H,2-9,13H2,1H3. The molecule has 2 saturated heterocycles. The maximum atomic E-state index is 12.5. The number of piperidine rings is 2. The van der Waals surface area contributed by atoms with Crippen molar-refractivity contribution in [3.63, 3.8) is 0 Å². The number of methoxy groups -OCH3 is 1. The van der Waals surface area contributed by atoms with Gasteiger partial charge in [-0.25, -0.2) is 0 Å². The van der Waals surface area contributed by atoms with Gasteiger partial charge in [-0.2, -0.15) is 17.0 Å². The normalized spacial score (nSPS) is 24.7. The predicted molar refractivity (Wildman–Crippen MR) is 74.0 cm³/mol. The largest absolute Gasteiger partial charge is 0.469 e. The van der Waals surface area contributed by atoms with Crippen LogP contribution in [0, 0.1) is 5.92 Å². The lowest BCUT2D eigenvalue weighted by molar-refractivity contribution is -0.146. The number of ether oxygens (including phenoxy) is 1. The number of carbonyl (C=O) groups is 1. The van der Waals surface area contributed by atoms with Gasteiger partial charge in [0.15, 0.2) is 0 Å². The van der Waals surface area contributed by atoms with Crippen LogP contribution in [0.1, 0.15) is 25.7 Å². The van der Waals surface area contributed by atoms with Gasteiger partial charge in [-0.15, -0.1) is 0 Å². The lowest BCUT2D eigenvalue weighted by Crippen LogP contribution is -2.51. The Morgan fingerprint density at radius 2 is 1.50 bits per heavy atom. The Morgan fingerprint density at radius 1 is 1.05 bits per heavy atom. The quantitative estimate of drug-likeness (QED) is 0.712. The van der Waals surface area contributed by atoms with E-state index in [-0.39, 0.29) is 17.9 Å². The van der Waals surface area contributed by atoms with E-state index in [4.69, 9.17) is 10.5 Å². The number of hydrogen-bond acceptors (Lipinski definition) is 5. The first-order valence-electron chi connectivity index (χ1n) is 7.03. The molecule has 0 spiro atoms. The highest BCUT2D eigenvalue weighted by atomic mass is 32.2. The van der Waals surface area contributed by atoms with E-state index in [2.05, 4.69) is 0 Å². The highest BCUT2D eigenvalue weighted by Crippen LogP contribution is 2.23. The molecule has 2 N–H and O–H groups in total. The van der Waals surface area contributed by atoms with Crippen molar-refractivity contribution in [1.29, 1.82) is 0 Å². The van der Waals surface area contributed by atoms with Crippen molar-refractivity contribution < 1.29 is 17.9 Å². The molecule has 7 nitrogen and oxygen atoms in total. The van der Waals surface area contributed by atoms with E-state index >= 15 is 0 Å². The van der Waals surface area contributed by atoms with E-state index in [9.17, 15) is 13.2 Å². The second-order valence-electron chi connectivity index (χ2n) is 5.44. The molecule has 8 heteroatoms. The van der Waals surface area contributed by atoms with Crippen molar-refractivity contribution in [2.45, 2.75) is 31.7 Å². The van der Waals surface area contributed by atoms with Crippen LogP contribution in [0.2, 0.25) is 0 Å². The smallest absolute Gasteiger partial charge is 0.308 e. The maximum absolute atomic E-state index is 12.5. The Hall–Kier alpha value is -0.700. The maximum Gasteiger partial charge on any atom is 0.308 e. The fourth-order valence-electron chi connectivity index (χ4n) is 2.76. The highest BCUT2D eigenvalue weighted by Gasteiger charge is 2.36. The summed E-state index contributed by atoms with van der Waals surface area (Å²) in [6, 6.07) is 0.103. The van der Waals surface area contributed by atoms with Gasteiger partial charge in [-0.3, -0.25) is 4.79 Å². The molecule has 0 aromatic heterocycles. The van der Waals surface area contributed by atoms with Crippen LogP contribution in [0.5, 0.6) is 0 Å². The average molecular weight is 305 g/mol. The number of nitrogens with two attached hydrogens (primary N) is 1. The minimum atomic E-state index is -3.41. The predicted octanol–water partition coefficient (Wildman–Crippen LogP) is -0.461. The molecular formula is C12H23N3O4S. The molecule has 0 radical (unpaired) electrons. The Morgan fingerprint density at radius 3 is 1.95 bits per heavy atom. The van der Waals surface area contributed by atoms with Crippen molar-refractivity contribution in [2.24, 2.45) is 11.7 Å². The molecule has 0 aromatic rings. The molecule has 2 aliphatic heterocycles. The first-order valence-corrected chi connectivity index (χ1v) is 8.43. The van der Waals surface area contributed by atoms with Gasteiger partial charge in [-0.1, -0.05) is 0 Å². The van der Waals surface area contributed by atoms with Crippen molar-refractivity contribution in [2.75, 3.05) is 33.3 Å². The first kappa shape index (κ1) is 15.7. The second-order valence-corrected chi connectivity index (χ2v) is 7.37. The van der Waals surface area contributed by atoms with Gasteiger partial charge in [-0.05, 0) is 25.7 Å². The van der Waals surface area contributed by atoms with E-state index in [1.165, 1.54) is 15.7 Å². The van der Waals surface area contributed by atoms with Crippen LogP contribution in [0.4, 0.5) is 0 Å². The molecule has 20 heavy (non-hydrogen) atoms. The first-order chi connectivity index (χ1) is 9.45. The van der Waals surface area contributed by atoms with Crippen molar-refractivity contribution in [3.05, 3.63) is 0 Å². The van der Waals surface area contributed by atoms with Crippen molar-refractivity contribution >= 4 is 16.2 Å². The van der Waals surface area contributed by atoms with Crippen LogP contribution in [0.15, 0.2) is 0 Å². The Bertz CT molecular complexity index is 438. The molecule has 0 atom stereocenters. The summed E-state index contributed by atoms with van der Waals surface area (Å²) in [5.74, 6) is -0.424. The van der Waals surface area contributed by atoms with E-state index < -0.39 is 10.2 Å². The summed E-state index contributed by atoms with van der Waals surface area (Å²) in [7, 11) is -2.04. The SMILES string of the molecule is COC(=O)C1CCN(S(=O)(=O)N2CCC(N)CC2)CC1. The fourth-order valence-corrected chi connectivity index (χ4v) is 4.43. The van der Waals surface area contributed by atoms with Crippen LogP contribution in [-0.2, 0) is 19.7 Å². The summed E-state index contributed by atoms with van der Waals surface area (Å²) in [6.45, 7) is 1.73. The average Bonchev–Trinajstić information content (AvgIpc) is 2.47. The van der Waals surface area contributed by atoms with Crippen molar-refractivity contribution in [3.8, 4) is 0 Å². The molecule has 2 rings (SSSR count). The molecule has 2 fully saturated rings. The topological polar surface area (TPSA) is 92.9 Å². The summed E-state index contributed by atoms with van der Waals surface area (Å²) in [5.41, 5.74) is 5.80. The molecule has 0 bridgehead atoms.